The quantitative estimate of drug-likeness (QED) is 0.674. The molecule has 0 atom stereocenters. The number of aryl methyl sites for hydroxylation is 1. The summed E-state index contributed by atoms with van der Waals surface area (Å²) < 4.78 is 11.1. The monoisotopic (exact) mass is 387 g/mol. The fraction of sp³-hybridized carbons (Fsp3) is 0.300. The summed E-state index contributed by atoms with van der Waals surface area (Å²) in [6.07, 6.45) is 0.890. The van der Waals surface area contributed by atoms with Crippen LogP contribution in [0, 0.1) is 0 Å². The van der Waals surface area contributed by atoms with Gasteiger partial charge in [0.2, 0.25) is 5.91 Å². The number of carboxylic acid groups (broad SMARTS) is 1. The fourth-order valence-corrected chi connectivity index (χ4v) is 3.53. The number of ether oxygens (including phenoxy) is 2. The molecule has 3 rings (SSSR count). The van der Waals surface area contributed by atoms with Crippen molar-refractivity contribution in [2.75, 3.05) is 24.3 Å². The fourth-order valence-electron chi connectivity index (χ4n) is 2.65. The first kappa shape index (κ1) is 19.1. The van der Waals surface area contributed by atoms with Gasteiger partial charge in [-0.1, -0.05) is 12.1 Å². The highest BCUT2D eigenvalue weighted by atomic mass is 32.2. The summed E-state index contributed by atoms with van der Waals surface area (Å²) >= 11 is 1.58. The third kappa shape index (κ3) is 5.92. The minimum Gasteiger partial charge on any atom is -0.486 e. The van der Waals surface area contributed by atoms with E-state index >= 15 is 0 Å². The van der Waals surface area contributed by atoms with E-state index in [1.165, 1.54) is 0 Å². The van der Waals surface area contributed by atoms with E-state index in [4.69, 9.17) is 14.6 Å². The summed E-state index contributed by atoms with van der Waals surface area (Å²) in [7, 11) is 0. The molecule has 0 bridgehead atoms. The molecule has 1 heterocycles. The van der Waals surface area contributed by atoms with E-state index in [-0.39, 0.29) is 12.3 Å². The molecule has 0 aromatic heterocycles. The van der Waals surface area contributed by atoms with Crippen LogP contribution in [0.3, 0.4) is 0 Å². The second kappa shape index (κ2) is 9.32. The Hall–Kier alpha value is -2.67. The van der Waals surface area contributed by atoms with Gasteiger partial charge in [-0.3, -0.25) is 9.59 Å². The zero-order valence-corrected chi connectivity index (χ0v) is 15.6. The first-order valence-electron chi connectivity index (χ1n) is 8.73. The van der Waals surface area contributed by atoms with E-state index < -0.39 is 5.97 Å². The number of anilines is 1. The second-order valence-corrected chi connectivity index (χ2v) is 7.21. The SMILES string of the molecule is O=C(O)CCc1cccc(NC(=O)CCSc2ccc3c(c2)OCCO3)c1. The molecule has 0 spiro atoms. The van der Waals surface area contributed by atoms with Crippen LogP contribution in [0.25, 0.3) is 0 Å². The van der Waals surface area contributed by atoms with Crippen LogP contribution in [-0.4, -0.2) is 35.9 Å². The average Bonchev–Trinajstić information content (AvgIpc) is 2.66. The maximum atomic E-state index is 12.1. The summed E-state index contributed by atoms with van der Waals surface area (Å²) in [5.74, 6) is 1.24. The molecule has 27 heavy (non-hydrogen) atoms. The second-order valence-electron chi connectivity index (χ2n) is 6.05. The van der Waals surface area contributed by atoms with Crippen LogP contribution >= 0.6 is 11.8 Å². The Kier molecular flexibility index (Phi) is 6.59. The normalized spacial score (nSPS) is 12.4. The maximum Gasteiger partial charge on any atom is 0.303 e. The lowest BCUT2D eigenvalue weighted by Gasteiger charge is -2.18. The topological polar surface area (TPSA) is 84.9 Å². The van der Waals surface area contributed by atoms with Gasteiger partial charge in [-0.15, -0.1) is 11.8 Å². The molecule has 0 saturated carbocycles. The van der Waals surface area contributed by atoms with Crippen LogP contribution < -0.4 is 14.8 Å². The molecule has 0 radical (unpaired) electrons. The van der Waals surface area contributed by atoms with Crippen molar-refractivity contribution in [2.24, 2.45) is 0 Å². The molecule has 2 aromatic carbocycles. The number of amides is 1. The Bertz CT molecular complexity index is 824. The standard InChI is InChI=1S/C20H21NO5S/c22-19(21-15-3-1-2-14(12-15)4-7-20(23)24)8-11-27-16-5-6-17-18(13-16)26-10-9-25-17/h1-3,5-6,12-13H,4,7-11H2,(H,21,22)(H,23,24). The Morgan fingerprint density at radius 3 is 2.67 bits per heavy atom. The Labute approximate surface area is 161 Å². The Balaban J connectivity index is 1.46. The van der Waals surface area contributed by atoms with Crippen LogP contribution in [0.5, 0.6) is 11.5 Å². The third-order valence-electron chi connectivity index (χ3n) is 3.95. The zero-order valence-electron chi connectivity index (χ0n) is 14.8. The molecule has 0 fully saturated rings. The molecule has 0 aliphatic carbocycles. The Morgan fingerprint density at radius 2 is 1.85 bits per heavy atom. The largest absolute Gasteiger partial charge is 0.486 e. The first-order chi connectivity index (χ1) is 13.1. The molecule has 1 amide bonds. The smallest absolute Gasteiger partial charge is 0.303 e. The summed E-state index contributed by atoms with van der Waals surface area (Å²) in [6, 6.07) is 13.1. The summed E-state index contributed by atoms with van der Waals surface area (Å²) in [5.41, 5.74) is 1.58. The van der Waals surface area contributed by atoms with Gasteiger partial charge in [-0.05, 0) is 42.3 Å². The minimum absolute atomic E-state index is 0.0730. The van der Waals surface area contributed by atoms with Gasteiger partial charge in [0.25, 0.3) is 0 Å². The molecule has 6 nitrogen and oxygen atoms in total. The number of carbonyl (C=O) groups excluding carboxylic acids is 1. The summed E-state index contributed by atoms with van der Waals surface area (Å²) in [5, 5.41) is 11.6. The number of hydrogen-bond donors (Lipinski definition) is 2. The van der Waals surface area contributed by atoms with Crippen LogP contribution in [0.15, 0.2) is 47.4 Å². The van der Waals surface area contributed by atoms with Gasteiger partial charge in [-0.2, -0.15) is 0 Å². The summed E-state index contributed by atoms with van der Waals surface area (Å²) in [4.78, 5) is 23.8. The van der Waals surface area contributed by atoms with E-state index in [2.05, 4.69) is 5.32 Å². The molecule has 142 valence electrons. The van der Waals surface area contributed by atoms with E-state index in [1.54, 1.807) is 17.8 Å². The van der Waals surface area contributed by atoms with Gasteiger partial charge in [0.15, 0.2) is 11.5 Å². The van der Waals surface area contributed by atoms with Gasteiger partial charge >= 0.3 is 5.97 Å². The highest BCUT2D eigenvalue weighted by Crippen LogP contribution is 2.34. The molecule has 2 N–H and O–H groups in total. The van der Waals surface area contributed by atoms with Crippen molar-refractivity contribution in [3.05, 3.63) is 48.0 Å². The summed E-state index contributed by atoms with van der Waals surface area (Å²) in [6.45, 7) is 1.12. The van der Waals surface area contributed by atoms with Gasteiger partial charge in [0, 0.05) is 29.2 Å². The lowest BCUT2D eigenvalue weighted by Crippen LogP contribution is -2.15. The van der Waals surface area contributed by atoms with Gasteiger partial charge in [0.1, 0.15) is 13.2 Å². The van der Waals surface area contributed by atoms with Crippen LogP contribution in [0.1, 0.15) is 18.4 Å². The number of rotatable bonds is 8. The van der Waals surface area contributed by atoms with E-state index in [9.17, 15) is 9.59 Å². The number of carboxylic acids is 1. The predicted molar refractivity (Wildman–Crippen MR) is 104 cm³/mol. The van der Waals surface area contributed by atoms with Crippen molar-refractivity contribution >= 4 is 29.3 Å². The van der Waals surface area contributed by atoms with Crippen LogP contribution in [-0.2, 0) is 16.0 Å². The number of carbonyl (C=O) groups is 2. The van der Waals surface area contributed by atoms with Crippen molar-refractivity contribution in [1.29, 1.82) is 0 Å². The zero-order chi connectivity index (χ0) is 19.1. The first-order valence-corrected chi connectivity index (χ1v) is 9.72. The van der Waals surface area contributed by atoms with Crippen molar-refractivity contribution in [3.63, 3.8) is 0 Å². The number of benzene rings is 2. The van der Waals surface area contributed by atoms with Gasteiger partial charge < -0.3 is 19.9 Å². The van der Waals surface area contributed by atoms with E-state index in [0.29, 0.717) is 37.5 Å². The number of aliphatic carboxylic acids is 1. The van der Waals surface area contributed by atoms with Crippen molar-refractivity contribution in [1.82, 2.24) is 0 Å². The molecule has 0 saturated heterocycles. The predicted octanol–water partition coefficient (Wildman–Crippen LogP) is 3.60. The van der Waals surface area contributed by atoms with Crippen molar-refractivity contribution in [2.45, 2.75) is 24.2 Å². The highest BCUT2D eigenvalue weighted by molar-refractivity contribution is 7.99. The van der Waals surface area contributed by atoms with Crippen molar-refractivity contribution in [3.8, 4) is 11.5 Å². The van der Waals surface area contributed by atoms with Gasteiger partial charge in [-0.25, -0.2) is 0 Å². The minimum atomic E-state index is -0.833. The van der Waals surface area contributed by atoms with Crippen LogP contribution in [0.4, 0.5) is 5.69 Å². The lowest BCUT2D eigenvalue weighted by atomic mass is 10.1. The van der Waals surface area contributed by atoms with E-state index in [0.717, 1.165) is 22.0 Å². The highest BCUT2D eigenvalue weighted by Gasteiger charge is 2.12. The molecule has 1 aliphatic heterocycles. The molecule has 0 unspecified atom stereocenters. The molecular weight excluding hydrogens is 366 g/mol. The molecular formula is C20H21NO5S. The van der Waals surface area contributed by atoms with Gasteiger partial charge in [0.05, 0.1) is 0 Å². The maximum absolute atomic E-state index is 12.1. The third-order valence-corrected chi connectivity index (χ3v) is 4.95. The molecule has 1 aliphatic rings. The lowest BCUT2D eigenvalue weighted by molar-refractivity contribution is -0.137. The number of hydrogen-bond acceptors (Lipinski definition) is 5. The number of fused-ring (bicyclic) bond motifs is 1. The number of thioether (sulfide) groups is 1. The number of nitrogens with one attached hydrogen (secondary N) is 1. The van der Waals surface area contributed by atoms with E-state index in [1.807, 2.05) is 36.4 Å². The van der Waals surface area contributed by atoms with Crippen LogP contribution in [0.2, 0.25) is 0 Å². The Morgan fingerprint density at radius 1 is 1.04 bits per heavy atom. The molecule has 7 heteroatoms. The molecule has 2 aromatic rings. The van der Waals surface area contributed by atoms with Crippen molar-refractivity contribution < 1.29 is 24.2 Å². The average molecular weight is 387 g/mol.